The summed E-state index contributed by atoms with van der Waals surface area (Å²) in [7, 11) is 0. The van der Waals surface area contributed by atoms with Gasteiger partial charge in [0.15, 0.2) is 0 Å². The number of nitrogens with zero attached hydrogens (tertiary/aromatic N) is 3. The average molecular weight is 371 g/mol. The van der Waals surface area contributed by atoms with E-state index in [4.69, 9.17) is 5.73 Å². The number of rotatable bonds is 3. The standard InChI is InChI=1S/C12H9F6N4OS/c1-5-4-6(2-3-7(5)8(24-23)11(13,14)15)22-10(19)20-9(21-22)12(16,17)18/h2-4,8H,1H3,(H2,19,20,21)/q+1. The van der Waals surface area contributed by atoms with Crippen molar-refractivity contribution in [3.63, 3.8) is 0 Å². The first-order chi connectivity index (χ1) is 10.9. The number of halogens is 6. The highest BCUT2D eigenvalue weighted by Crippen LogP contribution is 2.36. The van der Waals surface area contributed by atoms with Crippen LogP contribution in [-0.4, -0.2) is 20.9 Å². The van der Waals surface area contributed by atoms with Crippen LogP contribution in [0.25, 0.3) is 5.69 Å². The highest BCUT2D eigenvalue weighted by molar-refractivity contribution is 7.66. The summed E-state index contributed by atoms with van der Waals surface area (Å²) in [4.78, 5) is 3.07. The number of benzene rings is 1. The lowest BCUT2D eigenvalue weighted by Crippen LogP contribution is -2.20. The third kappa shape index (κ3) is 3.47. The largest absolute Gasteiger partial charge is 0.477 e. The fourth-order valence-electron chi connectivity index (χ4n) is 2.00. The lowest BCUT2D eigenvalue weighted by Gasteiger charge is -2.11. The van der Waals surface area contributed by atoms with Gasteiger partial charge in [-0.15, -0.1) is 5.10 Å². The second-order valence-electron chi connectivity index (χ2n) is 4.76. The Hall–Kier alpha value is -2.24. The second-order valence-corrected chi connectivity index (χ2v) is 5.43. The Bertz CT molecular complexity index is 770. The Morgan fingerprint density at radius 3 is 2.25 bits per heavy atom. The van der Waals surface area contributed by atoms with Crippen LogP contribution in [0.1, 0.15) is 22.2 Å². The van der Waals surface area contributed by atoms with Crippen molar-refractivity contribution in [2.45, 2.75) is 24.5 Å². The molecular formula is C12H9F6N4OS+. The molecular weight excluding hydrogens is 362 g/mol. The van der Waals surface area contributed by atoms with E-state index in [1.165, 1.54) is 6.92 Å². The van der Waals surface area contributed by atoms with Gasteiger partial charge < -0.3 is 5.73 Å². The van der Waals surface area contributed by atoms with Crippen molar-refractivity contribution in [3.05, 3.63) is 35.2 Å². The third-order valence-electron chi connectivity index (χ3n) is 3.06. The van der Waals surface area contributed by atoms with Gasteiger partial charge in [0.2, 0.25) is 5.95 Å². The maximum atomic E-state index is 12.8. The van der Waals surface area contributed by atoms with Gasteiger partial charge in [0.25, 0.3) is 5.82 Å². The van der Waals surface area contributed by atoms with Crippen LogP contribution in [0.4, 0.5) is 32.3 Å². The van der Waals surface area contributed by atoms with E-state index in [0.717, 1.165) is 18.2 Å². The number of aromatic nitrogens is 3. The zero-order valence-corrected chi connectivity index (χ0v) is 12.6. The van der Waals surface area contributed by atoms with Crippen LogP contribution in [0, 0.1) is 6.92 Å². The number of alkyl halides is 6. The molecule has 2 rings (SSSR count). The van der Waals surface area contributed by atoms with Crippen LogP contribution in [-0.2, 0) is 22.1 Å². The summed E-state index contributed by atoms with van der Waals surface area (Å²) in [6.45, 7) is 1.30. The molecule has 0 saturated heterocycles. The van der Waals surface area contributed by atoms with Crippen LogP contribution in [0.15, 0.2) is 18.2 Å². The van der Waals surface area contributed by atoms with E-state index >= 15 is 0 Å². The van der Waals surface area contributed by atoms with Crippen LogP contribution < -0.4 is 5.73 Å². The lowest BCUT2D eigenvalue weighted by molar-refractivity contribution is -0.144. The maximum absolute atomic E-state index is 12.8. The minimum Gasteiger partial charge on any atom is -0.368 e. The second kappa shape index (κ2) is 6.00. The molecule has 0 fully saturated rings. The number of nitrogen functional groups attached to an aromatic ring is 1. The van der Waals surface area contributed by atoms with Gasteiger partial charge >= 0.3 is 29.3 Å². The normalized spacial score (nSPS) is 13.8. The molecule has 1 unspecified atom stereocenters. The molecule has 1 atom stereocenters. The number of anilines is 1. The lowest BCUT2D eigenvalue weighted by atomic mass is 10.0. The Morgan fingerprint density at radius 2 is 1.83 bits per heavy atom. The number of hydrogen-bond acceptors (Lipinski definition) is 4. The van der Waals surface area contributed by atoms with Gasteiger partial charge in [0.1, 0.15) is 0 Å². The van der Waals surface area contributed by atoms with Gasteiger partial charge in [-0.25, -0.2) is 0 Å². The molecule has 0 radical (unpaired) electrons. The van der Waals surface area contributed by atoms with E-state index in [1.807, 2.05) is 0 Å². The maximum Gasteiger partial charge on any atom is 0.477 e. The van der Waals surface area contributed by atoms with Crippen molar-refractivity contribution in [2.24, 2.45) is 0 Å². The topological polar surface area (TPSA) is 73.8 Å². The quantitative estimate of drug-likeness (QED) is 0.664. The summed E-state index contributed by atoms with van der Waals surface area (Å²) in [6, 6.07) is 3.24. The molecule has 1 aromatic heterocycles. The molecule has 1 aromatic carbocycles. The Morgan fingerprint density at radius 1 is 1.21 bits per heavy atom. The molecule has 24 heavy (non-hydrogen) atoms. The summed E-state index contributed by atoms with van der Waals surface area (Å²) >= 11 is -0.627. The first-order valence-corrected chi connectivity index (χ1v) is 7.01. The minimum absolute atomic E-state index is 0.00595. The first-order valence-electron chi connectivity index (χ1n) is 6.21. The molecule has 0 bridgehead atoms. The minimum atomic E-state index is -4.81. The van der Waals surface area contributed by atoms with Gasteiger partial charge in [0.05, 0.1) is 5.69 Å². The van der Waals surface area contributed by atoms with E-state index in [0.29, 0.717) is 4.68 Å². The fourth-order valence-corrected chi connectivity index (χ4v) is 2.48. The van der Waals surface area contributed by atoms with Crippen LogP contribution in [0.5, 0.6) is 0 Å². The van der Waals surface area contributed by atoms with Crippen molar-refractivity contribution in [1.82, 2.24) is 14.8 Å². The van der Waals surface area contributed by atoms with E-state index in [9.17, 15) is 30.6 Å². The molecule has 2 aromatic rings. The number of nitrogens with two attached hydrogens (primary N) is 1. The molecule has 2 N–H and O–H groups in total. The highest BCUT2D eigenvalue weighted by Gasteiger charge is 2.52. The predicted molar refractivity (Wildman–Crippen MR) is 72.4 cm³/mol. The van der Waals surface area contributed by atoms with Crippen LogP contribution in [0.2, 0.25) is 0 Å². The molecule has 0 aliphatic rings. The Kier molecular flexibility index (Phi) is 4.52. The molecule has 0 amide bonds. The number of aryl methyl sites for hydroxylation is 1. The predicted octanol–water partition coefficient (Wildman–Crippen LogP) is 3.21. The van der Waals surface area contributed by atoms with Gasteiger partial charge in [0, 0.05) is 9.77 Å². The van der Waals surface area contributed by atoms with Crippen molar-refractivity contribution >= 4 is 17.6 Å². The molecule has 0 aliphatic heterocycles. The average Bonchev–Trinajstić information content (AvgIpc) is 2.82. The van der Waals surface area contributed by atoms with Crippen molar-refractivity contribution < 1.29 is 30.6 Å². The number of hydrogen-bond donors (Lipinski definition) is 1. The van der Waals surface area contributed by atoms with E-state index in [-0.39, 0.29) is 16.8 Å². The van der Waals surface area contributed by atoms with E-state index in [1.54, 1.807) is 0 Å². The van der Waals surface area contributed by atoms with Gasteiger partial charge in [-0.2, -0.15) is 36.0 Å². The highest BCUT2D eigenvalue weighted by atomic mass is 32.1. The van der Waals surface area contributed by atoms with Gasteiger partial charge in [-0.05, 0) is 24.6 Å². The van der Waals surface area contributed by atoms with Gasteiger partial charge in [-0.1, -0.05) is 6.07 Å². The zero-order valence-electron chi connectivity index (χ0n) is 11.8. The molecule has 0 spiro atoms. The van der Waals surface area contributed by atoms with Crippen molar-refractivity contribution in [3.8, 4) is 5.69 Å². The Balaban J connectivity index is 2.48. The van der Waals surface area contributed by atoms with Crippen molar-refractivity contribution in [1.29, 1.82) is 0 Å². The summed E-state index contributed by atoms with van der Waals surface area (Å²) in [6.07, 6.45) is -9.57. The Labute approximate surface area is 135 Å². The van der Waals surface area contributed by atoms with Crippen molar-refractivity contribution in [2.75, 3.05) is 5.73 Å². The SMILES string of the molecule is Cc1cc(-n2nc(C(F)(F)F)nc2N)ccc1C([S+]=O)C(F)(F)F. The molecule has 130 valence electrons. The van der Waals surface area contributed by atoms with E-state index < -0.39 is 41.0 Å². The molecule has 12 heteroatoms. The monoisotopic (exact) mass is 371 g/mol. The smallest absolute Gasteiger partial charge is 0.368 e. The summed E-state index contributed by atoms with van der Waals surface area (Å²) in [5, 5.41) is 0.916. The summed E-state index contributed by atoms with van der Waals surface area (Å²) < 4.78 is 87.6. The van der Waals surface area contributed by atoms with Crippen LogP contribution in [0.3, 0.4) is 0 Å². The zero-order chi connectivity index (χ0) is 18.3. The molecule has 0 aliphatic carbocycles. The molecule has 0 saturated carbocycles. The molecule has 5 nitrogen and oxygen atoms in total. The summed E-state index contributed by atoms with van der Waals surface area (Å²) in [5.41, 5.74) is 5.13. The third-order valence-corrected chi connectivity index (χ3v) is 3.77. The van der Waals surface area contributed by atoms with Gasteiger partial charge in [-0.3, -0.25) is 0 Å². The first kappa shape index (κ1) is 18.1. The van der Waals surface area contributed by atoms with Crippen LogP contribution >= 0.6 is 0 Å². The van der Waals surface area contributed by atoms with E-state index in [2.05, 4.69) is 10.1 Å². The summed E-state index contributed by atoms with van der Waals surface area (Å²) in [5.74, 6) is -2.04. The molecule has 1 heterocycles. The fraction of sp³-hybridized carbons (Fsp3) is 0.333.